The molecule has 0 aliphatic carbocycles. The van der Waals surface area contributed by atoms with Gasteiger partial charge in [0, 0.05) is 30.8 Å². The molecule has 1 fully saturated rings. The molecule has 1 saturated heterocycles. The molecule has 26 heavy (non-hydrogen) atoms. The molecule has 2 atom stereocenters. The number of hydrogen-bond donors (Lipinski definition) is 1. The standard InChI is InChI=1S/C22H27FN2O/c1-5-17(21(26)25-11-10-15(2)14-25)12-18-13-22(4,24-16(18)3)19-6-8-20(23)9-7-19/h5-9,12,15,24H,1,10-11,13-14H2,2-4H3/b17-12+/t15-,22?/m0/s1. The summed E-state index contributed by atoms with van der Waals surface area (Å²) in [6, 6.07) is 6.60. The average molecular weight is 354 g/mol. The molecule has 1 unspecified atom stereocenters. The van der Waals surface area contributed by atoms with E-state index in [1.165, 1.54) is 12.1 Å². The Labute approximate surface area is 155 Å². The van der Waals surface area contributed by atoms with Crippen molar-refractivity contribution >= 4 is 5.91 Å². The molecule has 0 saturated carbocycles. The number of carbonyl (C=O) groups excluding carboxylic acids is 1. The summed E-state index contributed by atoms with van der Waals surface area (Å²) < 4.78 is 13.2. The first-order valence-electron chi connectivity index (χ1n) is 9.20. The average Bonchev–Trinajstić information content (AvgIpc) is 3.16. The van der Waals surface area contributed by atoms with Crippen LogP contribution < -0.4 is 5.32 Å². The summed E-state index contributed by atoms with van der Waals surface area (Å²) in [6.45, 7) is 11.8. The van der Waals surface area contributed by atoms with Gasteiger partial charge in [-0.05, 0) is 55.5 Å². The SMILES string of the molecule is C=C/C(=C\C1=C(C)NC(C)(c2ccc(F)cc2)C1)C(=O)N1CC[C@H](C)C1. The van der Waals surface area contributed by atoms with Crippen molar-refractivity contribution in [3.8, 4) is 0 Å². The third-order valence-electron chi connectivity index (χ3n) is 5.48. The maximum absolute atomic E-state index is 13.2. The van der Waals surface area contributed by atoms with Gasteiger partial charge in [0.2, 0.25) is 0 Å². The number of carbonyl (C=O) groups is 1. The fourth-order valence-corrected chi connectivity index (χ4v) is 3.90. The number of likely N-dealkylation sites (tertiary alicyclic amines) is 1. The van der Waals surface area contributed by atoms with Crippen LogP contribution in [-0.4, -0.2) is 23.9 Å². The highest BCUT2D eigenvalue weighted by atomic mass is 19.1. The largest absolute Gasteiger partial charge is 0.379 e. The summed E-state index contributed by atoms with van der Waals surface area (Å²) in [7, 11) is 0. The summed E-state index contributed by atoms with van der Waals surface area (Å²) in [6.07, 6.45) is 5.40. The molecular formula is C22H27FN2O. The highest BCUT2D eigenvalue weighted by molar-refractivity contribution is 5.96. The predicted molar refractivity (Wildman–Crippen MR) is 103 cm³/mol. The summed E-state index contributed by atoms with van der Waals surface area (Å²) in [5.41, 5.74) is 3.49. The second kappa shape index (κ2) is 7.10. The lowest BCUT2D eigenvalue weighted by Gasteiger charge is -2.27. The van der Waals surface area contributed by atoms with Crippen LogP contribution in [0.25, 0.3) is 0 Å². The van der Waals surface area contributed by atoms with E-state index in [1.807, 2.05) is 30.0 Å². The van der Waals surface area contributed by atoms with Crippen molar-refractivity contribution in [3.63, 3.8) is 0 Å². The minimum Gasteiger partial charge on any atom is -0.379 e. The zero-order valence-electron chi connectivity index (χ0n) is 15.8. The van der Waals surface area contributed by atoms with Crippen LogP contribution in [0.1, 0.15) is 39.2 Å². The van der Waals surface area contributed by atoms with Crippen molar-refractivity contribution in [1.82, 2.24) is 10.2 Å². The molecule has 1 aromatic rings. The zero-order chi connectivity index (χ0) is 18.9. The molecule has 1 N–H and O–H groups in total. The van der Waals surface area contributed by atoms with Crippen LogP contribution in [-0.2, 0) is 10.3 Å². The minimum absolute atomic E-state index is 0.0556. The van der Waals surface area contributed by atoms with Crippen molar-refractivity contribution in [2.24, 2.45) is 5.92 Å². The highest BCUT2D eigenvalue weighted by Crippen LogP contribution is 2.37. The lowest BCUT2D eigenvalue weighted by atomic mass is 9.88. The maximum atomic E-state index is 13.2. The molecule has 0 aromatic heterocycles. The summed E-state index contributed by atoms with van der Waals surface area (Å²) in [4.78, 5) is 14.7. The zero-order valence-corrected chi connectivity index (χ0v) is 15.8. The fourth-order valence-electron chi connectivity index (χ4n) is 3.90. The Bertz CT molecular complexity index is 778. The molecular weight excluding hydrogens is 327 g/mol. The molecule has 0 bridgehead atoms. The van der Waals surface area contributed by atoms with E-state index in [0.29, 0.717) is 11.5 Å². The van der Waals surface area contributed by atoms with Gasteiger partial charge in [0.05, 0.1) is 5.54 Å². The number of amides is 1. The summed E-state index contributed by atoms with van der Waals surface area (Å²) >= 11 is 0. The van der Waals surface area contributed by atoms with E-state index in [4.69, 9.17) is 0 Å². The van der Waals surface area contributed by atoms with Crippen LogP contribution in [0.3, 0.4) is 0 Å². The third kappa shape index (κ3) is 3.59. The van der Waals surface area contributed by atoms with Gasteiger partial charge in [-0.1, -0.05) is 31.7 Å². The molecule has 1 amide bonds. The molecule has 2 heterocycles. The maximum Gasteiger partial charge on any atom is 0.253 e. The van der Waals surface area contributed by atoms with Crippen LogP contribution >= 0.6 is 0 Å². The molecule has 2 aliphatic rings. The normalized spacial score (nSPS) is 26.2. The van der Waals surface area contributed by atoms with Crippen LogP contribution in [0, 0.1) is 11.7 Å². The Balaban J connectivity index is 1.80. The van der Waals surface area contributed by atoms with E-state index in [2.05, 4.69) is 25.7 Å². The van der Waals surface area contributed by atoms with Gasteiger partial charge in [0.1, 0.15) is 5.82 Å². The minimum atomic E-state index is -0.304. The molecule has 0 radical (unpaired) electrons. The third-order valence-corrected chi connectivity index (χ3v) is 5.48. The first-order valence-corrected chi connectivity index (χ1v) is 9.20. The van der Waals surface area contributed by atoms with Gasteiger partial charge in [-0.25, -0.2) is 4.39 Å². The lowest BCUT2D eigenvalue weighted by molar-refractivity contribution is -0.125. The van der Waals surface area contributed by atoms with Crippen molar-refractivity contribution in [2.75, 3.05) is 13.1 Å². The summed E-state index contributed by atoms with van der Waals surface area (Å²) in [5.74, 6) is 0.375. The summed E-state index contributed by atoms with van der Waals surface area (Å²) in [5, 5.41) is 3.51. The number of nitrogens with one attached hydrogen (secondary N) is 1. The van der Waals surface area contributed by atoms with Crippen LogP contribution in [0.2, 0.25) is 0 Å². The van der Waals surface area contributed by atoms with E-state index in [-0.39, 0.29) is 17.3 Å². The van der Waals surface area contributed by atoms with Gasteiger partial charge < -0.3 is 10.2 Å². The number of nitrogens with zero attached hydrogens (tertiary/aromatic N) is 1. The van der Waals surface area contributed by atoms with Crippen LogP contribution in [0.5, 0.6) is 0 Å². The smallest absolute Gasteiger partial charge is 0.253 e. The molecule has 3 nitrogen and oxygen atoms in total. The second-order valence-electron chi connectivity index (χ2n) is 7.74. The Morgan fingerprint density at radius 3 is 2.65 bits per heavy atom. The van der Waals surface area contributed by atoms with Crippen molar-refractivity contribution < 1.29 is 9.18 Å². The molecule has 2 aliphatic heterocycles. The number of benzene rings is 1. The molecule has 138 valence electrons. The molecule has 3 rings (SSSR count). The second-order valence-corrected chi connectivity index (χ2v) is 7.74. The molecule has 4 heteroatoms. The van der Waals surface area contributed by atoms with Crippen molar-refractivity contribution in [3.05, 3.63) is 71.2 Å². The van der Waals surface area contributed by atoms with Crippen molar-refractivity contribution in [2.45, 2.75) is 39.2 Å². The van der Waals surface area contributed by atoms with Gasteiger partial charge in [-0.15, -0.1) is 0 Å². The Morgan fingerprint density at radius 2 is 2.08 bits per heavy atom. The highest BCUT2D eigenvalue weighted by Gasteiger charge is 2.34. The van der Waals surface area contributed by atoms with E-state index < -0.39 is 0 Å². The Kier molecular flexibility index (Phi) is 5.03. The molecule has 1 aromatic carbocycles. The Hall–Kier alpha value is -2.36. The van der Waals surface area contributed by atoms with Gasteiger partial charge in [0.25, 0.3) is 5.91 Å². The predicted octanol–water partition coefficient (Wildman–Crippen LogP) is 4.29. The van der Waals surface area contributed by atoms with Gasteiger partial charge in [-0.3, -0.25) is 4.79 Å². The van der Waals surface area contributed by atoms with Gasteiger partial charge in [0.15, 0.2) is 0 Å². The van der Waals surface area contributed by atoms with Gasteiger partial charge >= 0.3 is 0 Å². The van der Waals surface area contributed by atoms with Crippen molar-refractivity contribution in [1.29, 1.82) is 0 Å². The van der Waals surface area contributed by atoms with Crippen LogP contribution in [0.4, 0.5) is 4.39 Å². The number of hydrogen-bond acceptors (Lipinski definition) is 2. The quantitative estimate of drug-likeness (QED) is 0.646. The first-order chi connectivity index (χ1) is 12.3. The van der Waals surface area contributed by atoms with Gasteiger partial charge in [-0.2, -0.15) is 0 Å². The fraction of sp³-hybridized carbons (Fsp3) is 0.409. The van der Waals surface area contributed by atoms with Crippen LogP contribution in [0.15, 0.2) is 59.8 Å². The monoisotopic (exact) mass is 354 g/mol. The number of allylic oxidation sites excluding steroid dienone is 2. The first kappa shape index (κ1) is 18.4. The molecule has 0 spiro atoms. The topological polar surface area (TPSA) is 32.3 Å². The Morgan fingerprint density at radius 1 is 1.38 bits per heavy atom. The lowest BCUT2D eigenvalue weighted by Crippen LogP contribution is -2.33. The van der Waals surface area contributed by atoms with E-state index in [1.54, 1.807) is 6.08 Å². The van der Waals surface area contributed by atoms with E-state index >= 15 is 0 Å². The van der Waals surface area contributed by atoms with E-state index in [9.17, 15) is 9.18 Å². The number of halogens is 1. The van der Waals surface area contributed by atoms with E-state index in [0.717, 1.165) is 42.8 Å². The number of rotatable bonds is 4.